The van der Waals surface area contributed by atoms with Gasteiger partial charge in [0.05, 0.1) is 25.0 Å². The quantitative estimate of drug-likeness (QED) is 0.851. The molecule has 2 aromatic rings. The summed E-state index contributed by atoms with van der Waals surface area (Å²) in [6.45, 7) is 6.39. The predicted octanol–water partition coefficient (Wildman–Crippen LogP) is 3.02. The topological polar surface area (TPSA) is 55.3 Å². The summed E-state index contributed by atoms with van der Waals surface area (Å²) in [6.07, 6.45) is 3.13. The van der Waals surface area contributed by atoms with Crippen LogP contribution in [0.5, 0.6) is 5.75 Å². The molecule has 1 aromatic heterocycles. The van der Waals surface area contributed by atoms with Crippen molar-refractivity contribution in [2.45, 2.75) is 26.8 Å². The molecule has 0 aliphatic rings. The molecule has 0 radical (unpaired) electrons. The van der Waals surface area contributed by atoms with Gasteiger partial charge in [-0.25, -0.2) is 4.98 Å². The normalized spacial score (nSPS) is 11.8. The van der Waals surface area contributed by atoms with E-state index in [2.05, 4.69) is 9.97 Å². The summed E-state index contributed by atoms with van der Waals surface area (Å²) < 4.78 is 5.25. The molecule has 1 unspecified atom stereocenters. The number of ether oxygens (including phenoxy) is 1. The average molecular weight is 299 g/mol. The lowest BCUT2D eigenvalue weighted by molar-refractivity contribution is 0.0695. The fourth-order valence-corrected chi connectivity index (χ4v) is 2.32. The lowest BCUT2D eigenvalue weighted by Crippen LogP contribution is -2.34. The van der Waals surface area contributed by atoms with E-state index in [1.807, 2.05) is 45.0 Å². The highest BCUT2D eigenvalue weighted by Gasteiger charge is 2.22. The fraction of sp³-hybridized carbons (Fsp3) is 0.353. The lowest BCUT2D eigenvalue weighted by Gasteiger charge is -2.28. The van der Waals surface area contributed by atoms with Crippen LogP contribution in [0.25, 0.3) is 0 Å². The van der Waals surface area contributed by atoms with Crippen LogP contribution in [0.2, 0.25) is 0 Å². The van der Waals surface area contributed by atoms with Gasteiger partial charge >= 0.3 is 0 Å². The van der Waals surface area contributed by atoms with E-state index in [1.54, 1.807) is 18.2 Å². The number of aromatic nitrogens is 2. The number of benzene rings is 1. The maximum absolute atomic E-state index is 12.6. The van der Waals surface area contributed by atoms with Gasteiger partial charge in [0.15, 0.2) is 0 Å². The third-order valence-electron chi connectivity index (χ3n) is 3.65. The van der Waals surface area contributed by atoms with Crippen molar-refractivity contribution in [2.75, 3.05) is 13.7 Å². The number of carbonyl (C=O) groups excluding carboxylic acids is 1. The van der Waals surface area contributed by atoms with Gasteiger partial charge in [-0.3, -0.25) is 9.78 Å². The van der Waals surface area contributed by atoms with E-state index < -0.39 is 0 Å². The van der Waals surface area contributed by atoms with E-state index in [9.17, 15) is 4.79 Å². The van der Waals surface area contributed by atoms with Gasteiger partial charge in [-0.05, 0) is 38.5 Å². The molecule has 0 spiro atoms. The third kappa shape index (κ3) is 3.42. The molecule has 1 aromatic carbocycles. The smallest absolute Gasteiger partial charge is 0.274 e. The Morgan fingerprint density at radius 3 is 2.68 bits per heavy atom. The van der Waals surface area contributed by atoms with Gasteiger partial charge in [-0.15, -0.1) is 0 Å². The number of rotatable bonds is 5. The minimum atomic E-state index is -0.120. The summed E-state index contributed by atoms with van der Waals surface area (Å²) in [4.78, 5) is 22.7. The molecule has 0 saturated carbocycles. The molecule has 0 fully saturated rings. The van der Waals surface area contributed by atoms with E-state index in [0.29, 0.717) is 12.2 Å². The van der Waals surface area contributed by atoms with Crippen LogP contribution in [0, 0.1) is 6.92 Å². The molecule has 0 aliphatic heterocycles. The van der Waals surface area contributed by atoms with Crippen molar-refractivity contribution >= 4 is 5.91 Å². The SMILES string of the molecule is CCN(C(=O)c1cnc(C)cn1)C(C)c1cccc(OC)c1. The maximum atomic E-state index is 12.6. The van der Waals surface area contributed by atoms with Crippen molar-refractivity contribution in [3.8, 4) is 5.75 Å². The summed E-state index contributed by atoms with van der Waals surface area (Å²) in [5.74, 6) is 0.660. The number of hydrogen-bond acceptors (Lipinski definition) is 4. The second kappa shape index (κ2) is 7.02. The Hall–Kier alpha value is -2.43. The van der Waals surface area contributed by atoms with Crippen LogP contribution in [0.3, 0.4) is 0 Å². The second-order valence-corrected chi connectivity index (χ2v) is 5.09. The van der Waals surface area contributed by atoms with Gasteiger partial charge in [0, 0.05) is 12.7 Å². The van der Waals surface area contributed by atoms with Crippen LogP contribution < -0.4 is 4.74 Å². The van der Waals surface area contributed by atoms with Gasteiger partial charge in [-0.1, -0.05) is 12.1 Å². The molecule has 5 nitrogen and oxygen atoms in total. The number of aryl methyl sites for hydroxylation is 1. The zero-order valence-electron chi connectivity index (χ0n) is 13.4. The molecule has 116 valence electrons. The minimum Gasteiger partial charge on any atom is -0.497 e. The summed E-state index contributed by atoms with van der Waals surface area (Å²) in [6, 6.07) is 7.68. The summed E-state index contributed by atoms with van der Waals surface area (Å²) in [5, 5.41) is 0. The Kier molecular flexibility index (Phi) is 5.09. The summed E-state index contributed by atoms with van der Waals surface area (Å²) in [7, 11) is 1.63. The van der Waals surface area contributed by atoms with Crippen molar-refractivity contribution in [2.24, 2.45) is 0 Å². The highest BCUT2D eigenvalue weighted by Crippen LogP contribution is 2.24. The Balaban J connectivity index is 2.26. The Morgan fingerprint density at radius 1 is 1.32 bits per heavy atom. The number of methoxy groups -OCH3 is 1. The zero-order chi connectivity index (χ0) is 16.1. The molecule has 5 heteroatoms. The number of amides is 1. The standard InChI is InChI=1S/C17H21N3O2/c1-5-20(17(21)16-11-18-12(2)10-19-16)13(3)14-7-6-8-15(9-14)22-4/h6-11,13H,5H2,1-4H3. The van der Waals surface area contributed by atoms with Crippen LogP contribution >= 0.6 is 0 Å². The predicted molar refractivity (Wildman–Crippen MR) is 84.9 cm³/mol. The second-order valence-electron chi connectivity index (χ2n) is 5.09. The molecule has 1 amide bonds. The van der Waals surface area contributed by atoms with E-state index in [4.69, 9.17) is 4.74 Å². The first-order chi connectivity index (χ1) is 10.6. The Bertz CT molecular complexity index is 641. The molecule has 0 saturated heterocycles. The van der Waals surface area contributed by atoms with E-state index in [0.717, 1.165) is 17.0 Å². The fourth-order valence-electron chi connectivity index (χ4n) is 2.32. The van der Waals surface area contributed by atoms with Crippen molar-refractivity contribution in [1.82, 2.24) is 14.9 Å². The van der Waals surface area contributed by atoms with Crippen molar-refractivity contribution in [3.63, 3.8) is 0 Å². The van der Waals surface area contributed by atoms with Crippen LogP contribution in [0.4, 0.5) is 0 Å². The monoisotopic (exact) mass is 299 g/mol. The average Bonchev–Trinajstić information content (AvgIpc) is 2.56. The molecule has 1 atom stereocenters. The van der Waals surface area contributed by atoms with Gasteiger partial charge in [0.25, 0.3) is 5.91 Å². The number of carbonyl (C=O) groups is 1. The number of nitrogens with zero attached hydrogens (tertiary/aromatic N) is 3. The maximum Gasteiger partial charge on any atom is 0.274 e. The number of hydrogen-bond donors (Lipinski definition) is 0. The first-order valence-electron chi connectivity index (χ1n) is 7.30. The third-order valence-corrected chi connectivity index (χ3v) is 3.65. The van der Waals surface area contributed by atoms with Gasteiger partial charge in [0.1, 0.15) is 11.4 Å². The van der Waals surface area contributed by atoms with Crippen molar-refractivity contribution < 1.29 is 9.53 Å². The van der Waals surface area contributed by atoms with Crippen LogP contribution in [-0.2, 0) is 0 Å². The van der Waals surface area contributed by atoms with Gasteiger partial charge < -0.3 is 9.64 Å². The van der Waals surface area contributed by atoms with Gasteiger partial charge in [0.2, 0.25) is 0 Å². The van der Waals surface area contributed by atoms with Crippen LogP contribution in [0.15, 0.2) is 36.7 Å². The molecular weight excluding hydrogens is 278 g/mol. The van der Waals surface area contributed by atoms with Crippen LogP contribution in [-0.4, -0.2) is 34.4 Å². The van der Waals surface area contributed by atoms with Crippen molar-refractivity contribution in [3.05, 3.63) is 53.6 Å². The van der Waals surface area contributed by atoms with E-state index in [-0.39, 0.29) is 11.9 Å². The zero-order valence-corrected chi connectivity index (χ0v) is 13.4. The molecule has 0 N–H and O–H groups in total. The Labute approximate surface area is 131 Å². The first kappa shape index (κ1) is 15.9. The van der Waals surface area contributed by atoms with E-state index in [1.165, 1.54) is 6.20 Å². The largest absolute Gasteiger partial charge is 0.497 e. The lowest BCUT2D eigenvalue weighted by atomic mass is 10.1. The highest BCUT2D eigenvalue weighted by atomic mass is 16.5. The molecule has 22 heavy (non-hydrogen) atoms. The first-order valence-corrected chi connectivity index (χ1v) is 7.30. The molecular formula is C17H21N3O2. The molecule has 0 aliphatic carbocycles. The van der Waals surface area contributed by atoms with Crippen molar-refractivity contribution in [1.29, 1.82) is 0 Å². The molecule has 0 bridgehead atoms. The molecule has 2 rings (SSSR count). The Morgan fingerprint density at radius 2 is 2.09 bits per heavy atom. The van der Waals surface area contributed by atoms with E-state index >= 15 is 0 Å². The van der Waals surface area contributed by atoms with Gasteiger partial charge in [-0.2, -0.15) is 0 Å². The minimum absolute atomic E-state index is 0.0734. The van der Waals surface area contributed by atoms with Crippen LogP contribution in [0.1, 0.15) is 41.6 Å². The highest BCUT2D eigenvalue weighted by molar-refractivity contribution is 5.92. The summed E-state index contributed by atoms with van der Waals surface area (Å²) in [5.41, 5.74) is 2.18. The molecule has 1 heterocycles. The summed E-state index contributed by atoms with van der Waals surface area (Å²) >= 11 is 0.